The smallest absolute Gasteiger partial charge is 0.309 e. The van der Waals surface area contributed by atoms with E-state index in [0.29, 0.717) is 48.4 Å². The van der Waals surface area contributed by atoms with Crippen LogP contribution in [0.5, 0.6) is 0 Å². The van der Waals surface area contributed by atoms with Crippen molar-refractivity contribution in [3.05, 3.63) is 65.2 Å². The Morgan fingerprint density at radius 1 is 1.06 bits per heavy atom. The summed E-state index contributed by atoms with van der Waals surface area (Å²) in [7, 11) is -4.02. The summed E-state index contributed by atoms with van der Waals surface area (Å²) in [6.07, 6.45) is 3.16. The number of anilines is 2. The average Bonchev–Trinajstić information content (AvgIpc) is 3.71. The molecule has 1 saturated carbocycles. The van der Waals surface area contributed by atoms with Crippen molar-refractivity contribution < 1.29 is 18.3 Å². The third kappa shape index (κ3) is 4.90. The lowest BCUT2D eigenvalue weighted by Gasteiger charge is -2.37. The van der Waals surface area contributed by atoms with Crippen LogP contribution in [0, 0.1) is 5.41 Å². The number of hydrogen-bond acceptors (Lipinski definition) is 6. The molecule has 3 heterocycles. The molecule has 0 bridgehead atoms. The van der Waals surface area contributed by atoms with E-state index in [2.05, 4.69) is 20.8 Å². The molecule has 1 aliphatic carbocycles. The molecule has 188 valence electrons. The molecule has 0 radical (unpaired) electrons. The van der Waals surface area contributed by atoms with Gasteiger partial charge in [0, 0.05) is 18.7 Å². The number of carboxylic acid groups (broad SMARTS) is 1. The van der Waals surface area contributed by atoms with E-state index < -0.39 is 21.4 Å². The number of hydrogen-bond donors (Lipinski definition) is 2. The molecule has 5 rings (SSSR count). The van der Waals surface area contributed by atoms with Gasteiger partial charge in [0.2, 0.25) is 0 Å². The molecule has 2 N–H and O–H groups in total. The molecule has 10 heteroatoms. The molecule has 2 fully saturated rings. The Balaban J connectivity index is 1.38. The number of benzene rings is 1. The van der Waals surface area contributed by atoms with Gasteiger partial charge in [-0.05, 0) is 68.4 Å². The Morgan fingerprint density at radius 3 is 2.47 bits per heavy atom. The summed E-state index contributed by atoms with van der Waals surface area (Å²) in [5.74, 6) is 0.315. The van der Waals surface area contributed by atoms with Crippen molar-refractivity contribution in [3.63, 3.8) is 0 Å². The van der Waals surface area contributed by atoms with E-state index in [1.165, 1.54) is 17.7 Å². The minimum atomic E-state index is -4.02. The third-order valence-corrected chi connectivity index (χ3v) is 8.57. The fraction of sp³-hybridized carbons (Fsp3) is 0.346. The van der Waals surface area contributed by atoms with Gasteiger partial charge < -0.3 is 10.0 Å². The first-order chi connectivity index (χ1) is 17.2. The first-order valence-corrected chi connectivity index (χ1v) is 13.8. The maximum Gasteiger partial charge on any atom is 0.309 e. The zero-order valence-corrected chi connectivity index (χ0v) is 21.4. The van der Waals surface area contributed by atoms with Gasteiger partial charge in [-0.1, -0.05) is 41.9 Å². The van der Waals surface area contributed by atoms with E-state index in [1.54, 1.807) is 25.1 Å². The second-order valence-corrected chi connectivity index (χ2v) is 11.7. The maximum absolute atomic E-state index is 13.2. The fourth-order valence-corrected chi connectivity index (χ4v) is 5.69. The largest absolute Gasteiger partial charge is 0.481 e. The van der Waals surface area contributed by atoms with E-state index in [-0.39, 0.29) is 10.8 Å². The summed E-state index contributed by atoms with van der Waals surface area (Å²) >= 11 is 6.47. The highest BCUT2D eigenvalue weighted by atomic mass is 35.5. The number of piperidine rings is 1. The number of nitrogens with one attached hydrogen (secondary N) is 1. The van der Waals surface area contributed by atoms with Crippen LogP contribution in [0.25, 0.3) is 11.3 Å². The molecule has 0 spiro atoms. The SMILES string of the molecule is CC1(C(=O)O)CCN(c2cccc(S(=O)(=O)Nc3ccc(Cl)c(-c4ccccc4C4CC4)n3)n2)CC1. The number of nitrogens with zero attached hydrogens (tertiary/aromatic N) is 3. The van der Waals surface area contributed by atoms with E-state index in [4.69, 9.17) is 11.6 Å². The van der Waals surface area contributed by atoms with E-state index in [9.17, 15) is 18.3 Å². The maximum atomic E-state index is 13.2. The van der Waals surface area contributed by atoms with Crippen LogP contribution in [0.3, 0.4) is 0 Å². The summed E-state index contributed by atoms with van der Waals surface area (Å²) in [6.45, 7) is 2.70. The van der Waals surface area contributed by atoms with Crippen molar-refractivity contribution >= 4 is 39.2 Å². The van der Waals surface area contributed by atoms with Crippen molar-refractivity contribution in [2.24, 2.45) is 5.41 Å². The highest BCUT2D eigenvalue weighted by Gasteiger charge is 2.37. The molecule has 3 aromatic rings. The number of carbonyl (C=O) groups is 1. The summed E-state index contributed by atoms with van der Waals surface area (Å²) in [4.78, 5) is 22.4. The lowest BCUT2D eigenvalue weighted by Crippen LogP contribution is -2.43. The quantitative estimate of drug-likeness (QED) is 0.437. The standard InChI is InChI=1S/C26H27ClN4O4S/c1-26(25(32)33)13-15-31(16-14-26)22-7-4-8-23(29-22)36(34,35)30-21-12-11-20(27)24(28-21)19-6-3-2-5-18(19)17-9-10-17/h2-8,11-12,17H,9-10,13-16H2,1H3,(H,28,30)(H,32,33). The normalized spacial score (nSPS) is 17.6. The Morgan fingerprint density at radius 2 is 1.78 bits per heavy atom. The molecule has 8 nitrogen and oxygen atoms in total. The van der Waals surface area contributed by atoms with Crippen molar-refractivity contribution in [1.29, 1.82) is 0 Å². The number of carboxylic acids is 1. The van der Waals surface area contributed by atoms with Gasteiger partial charge in [-0.3, -0.25) is 9.52 Å². The van der Waals surface area contributed by atoms with Crippen LogP contribution >= 0.6 is 11.6 Å². The molecule has 0 atom stereocenters. The van der Waals surface area contributed by atoms with Crippen LogP contribution in [0.4, 0.5) is 11.6 Å². The van der Waals surface area contributed by atoms with Crippen molar-refractivity contribution in [2.75, 3.05) is 22.7 Å². The lowest BCUT2D eigenvalue weighted by molar-refractivity contribution is -0.149. The van der Waals surface area contributed by atoms with Crippen LogP contribution in [0.15, 0.2) is 59.6 Å². The van der Waals surface area contributed by atoms with Gasteiger partial charge in [0.15, 0.2) is 5.03 Å². The molecule has 1 aliphatic heterocycles. The Kier molecular flexibility index (Phi) is 6.38. The van der Waals surface area contributed by atoms with Crippen molar-refractivity contribution in [2.45, 2.75) is 43.6 Å². The molecule has 2 aliphatic rings. The van der Waals surface area contributed by atoms with E-state index in [1.807, 2.05) is 23.1 Å². The summed E-state index contributed by atoms with van der Waals surface area (Å²) in [5, 5.41) is 9.78. The van der Waals surface area contributed by atoms with Gasteiger partial charge in [0.05, 0.1) is 16.1 Å². The number of rotatable bonds is 7. The van der Waals surface area contributed by atoms with Crippen LogP contribution in [-0.2, 0) is 14.8 Å². The Hall–Kier alpha value is -3.17. The first-order valence-electron chi connectivity index (χ1n) is 11.9. The predicted octanol–water partition coefficient (Wildman–Crippen LogP) is 5.17. The molecule has 1 aromatic carbocycles. The zero-order valence-electron chi connectivity index (χ0n) is 19.8. The van der Waals surface area contributed by atoms with Gasteiger partial charge in [-0.25, -0.2) is 9.97 Å². The summed E-state index contributed by atoms with van der Waals surface area (Å²) in [6, 6.07) is 15.9. The molecule has 1 saturated heterocycles. The van der Waals surface area contributed by atoms with Crippen LogP contribution < -0.4 is 9.62 Å². The topological polar surface area (TPSA) is 112 Å². The number of halogens is 1. The monoisotopic (exact) mass is 526 g/mol. The molecular weight excluding hydrogens is 500 g/mol. The lowest BCUT2D eigenvalue weighted by atomic mass is 9.80. The predicted molar refractivity (Wildman–Crippen MR) is 139 cm³/mol. The third-order valence-electron chi connectivity index (χ3n) is 7.01. The highest BCUT2D eigenvalue weighted by molar-refractivity contribution is 7.92. The summed E-state index contributed by atoms with van der Waals surface area (Å²) in [5.41, 5.74) is 1.83. The van der Waals surface area contributed by atoms with Crippen molar-refractivity contribution in [3.8, 4) is 11.3 Å². The Bertz CT molecular complexity index is 1420. The van der Waals surface area contributed by atoms with Gasteiger partial charge in [-0.15, -0.1) is 0 Å². The molecule has 2 aromatic heterocycles. The number of pyridine rings is 2. The second kappa shape index (κ2) is 9.37. The first kappa shape index (κ1) is 24.5. The fourth-order valence-electron chi connectivity index (χ4n) is 4.51. The molecule has 0 unspecified atom stereocenters. The number of sulfonamides is 1. The van der Waals surface area contributed by atoms with E-state index in [0.717, 1.165) is 18.4 Å². The second-order valence-electron chi connectivity index (χ2n) is 9.68. The van der Waals surface area contributed by atoms with E-state index >= 15 is 0 Å². The van der Waals surface area contributed by atoms with Gasteiger partial charge in [0.1, 0.15) is 11.6 Å². The molecule has 0 amide bonds. The highest BCUT2D eigenvalue weighted by Crippen LogP contribution is 2.45. The van der Waals surface area contributed by atoms with Crippen LogP contribution in [-0.4, -0.2) is 42.6 Å². The van der Waals surface area contributed by atoms with Crippen molar-refractivity contribution in [1.82, 2.24) is 9.97 Å². The number of aromatic nitrogens is 2. The Labute approximate surface area is 215 Å². The van der Waals surface area contributed by atoms with Crippen LogP contribution in [0.1, 0.15) is 44.1 Å². The minimum absolute atomic E-state index is 0.136. The zero-order chi connectivity index (χ0) is 25.5. The summed E-state index contributed by atoms with van der Waals surface area (Å²) < 4.78 is 28.9. The van der Waals surface area contributed by atoms with Gasteiger partial charge in [0.25, 0.3) is 10.0 Å². The average molecular weight is 527 g/mol. The number of aliphatic carboxylic acids is 1. The van der Waals surface area contributed by atoms with Gasteiger partial charge in [-0.2, -0.15) is 8.42 Å². The van der Waals surface area contributed by atoms with Gasteiger partial charge >= 0.3 is 5.97 Å². The minimum Gasteiger partial charge on any atom is -0.481 e. The molecule has 36 heavy (non-hydrogen) atoms. The molecular formula is C26H27ClN4O4S. The van der Waals surface area contributed by atoms with Crippen LogP contribution in [0.2, 0.25) is 5.02 Å².